The molecule has 6 rings (SSSR count). The van der Waals surface area contributed by atoms with Gasteiger partial charge in [0.15, 0.2) is 0 Å². The van der Waals surface area contributed by atoms with Gasteiger partial charge < -0.3 is 27.1 Å². The molecule has 0 spiro atoms. The first-order valence-electron chi connectivity index (χ1n) is 16.2. The summed E-state index contributed by atoms with van der Waals surface area (Å²) in [4.78, 5) is 0. The molecular formula is C43H45N5. The van der Waals surface area contributed by atoms with E-state index in [0.717, 1.165) is 56.6 Å². The highest BCUT2D eigenvalue weighted by molar-refractivity contribution is 6.19. The van der Waals surface area contributed by atoms with Crippen LogP contribution in [0, 0.1) is 0 Å². The lowest BCUT2D eigenvalue weighted by atomic mass is 9.97. The molecule has 0 atom stereocenters. The highest BCUT2D eigenvalue weighted by atomic mass is 15.0. The molecule has 2 heterocycles. The van der Waals surface area contributed by atoms with E-state index >= 15 is 0 Å². The molecule has 0 unspecified atom stereocenters. The van der Waals surface area contributed by atoms with Crippen LogP contribution in [0.2, 0.25) is 0 Å². The van der Waals surface area contributed by atoms with Gasteiger partial charge in [-0.05, 0) is 114 Å². The molecule has 1 aliphatic rings. The Morgan fingerprint density at radius 1 is 0.917 bits per heavy atom. The molecule has 0 saturated heterocycles. The van der Waals surface area contributed by atoms with Gasteiger partial charge in [0.05, 0.1) is 11.0 Å². The van der Waals surface area contributed by atoms with Crippen molar-refractivity contribution in [1.29, 1.82) is 0 Å². The Balaban J connectivity index is 0.000000572. The summed E-state index contributed by atoms with van der Waals surface area (Å²) < 4.78 is 2.37. The van der Waals surface area contributed by atoms with Gasteiger partial charge in [-0.25, -0.2) is 0 Å². The van der Waals surface area contributed by atoms with Crippen molar-refractivity contribution in [3.63, 3.8) is 0 Å². The number of allylic oxidation sites excluding steroid dienone is 10. The molecule has 5 aromatic rings. The first-order chi connectivity index (χ1) is 23.4. The highest BCUT2D eigenvalue weighted by Crippen LogP contribution is 2.38. The van der Waals surface area contributed by atoms with Gasteiger partial charge in [-0.3, -0.25) is 0 Å². The maximum atomic E-state index is 6.11. The van der Waals surface area contributed by atoms with E-state index in [1.165, 1.54) is 27.2 Å². The molecule has 4 aromatic carbocycles. The molecule has 1 aliphatic heterocycles. The topological polar surface area (TPSA) is 95.0 Å². The third kappa shape index (κ3) is 7.43. The fourth-order valence-corrected chi connectivity index (χ4v) is 5.84. The molecule has 0 radical (unpaired) electrons. The van der Waals surface area contributed by atoms with Crippen LogP contribution >= 0.6 is 0 Å². The van der Waals surface area contributed by atoms with Crippen LogP contribution in [-0.4, -0.2) is 17.7 Å². The molecule has 0 bridgehead atoms. The predicted octanol–water partition coefficient (Wildman–Crippen LogP) is 9.18. The molecule has 0 aliphatic carbocycles. The van der Waals surface area contributed by atoms with E-state index in [9.17, 15) is 0 Å². The Hall–Kier alpha value is -5.78. The maximum Gasteiger partial charge on any atom is 0.0619 e. The minimum atomic E-state index is 0.480. The summed E-state index contributed by atoms with van der Waals surface area (Å²) in [5.74, 6) is 0. The van der Waals surface area contributed by atoms with Crippen LogP contribution in [0.3, 0.4) is 0 Å². The number of fused-ring (bicyclic) bond motifs is 5. The van der Waals surface area contributed by atoms with Crippen molar-refractivity contribution in [3.8, 4) is 5.69 Å². The van der Waals surface area contributed by atoms with Gasteiger partial charge in [-0.2, -0.15) is 0 Å². The number of para-hydroxylation sites is 1. The van der Waals surface area contributed by atoms with E-state index in [1.807, 2.05) is 37.4 Å². The van der Waals surface area contributed by atoms with Crippen LogP contribution in [0.5, 0.6) is 0 Å². The standard InChI is InChI=1S/C37H36N4.C6H9N/c1-25(9-7-19-38)27(3)21-31(24-40)29-14-16-33-30(22-29)15-18-35-34-17-13-28(26(2)10-8-20-39)23-36(34)41(37(33)35)32-11-5-4-6-12-32;1-6-2-4-7-5-3-6/h4-18,20-24H,1,19,38-40H2,2-3H3;2-4,7H,5H2,1H3/b9-7-,20-8-,26-10+,27-21+,31-24+;. The molecule has 0 amide bonds. The van der Waals surface area contributed by atoms with E-state index in [2.05, 4.69) is 127 Å². The van der Waals surface area contributed by atoms with Crippen molar-refractivity contribution < 1.29 is 0 Å². The van der Waals surface area contributed by atoms with Gasteiger partial charge in [-0.1, -0.05) is 91.1 Å². The van der Waals surface area contributed by atoms with Crippen LogP contribution in [0.25, 0.3) is 49.4 Å². The molecule has 7 N–H and O–H groups in total. The molecule has 0 fully saturated rings. The minimum absolute atomic E-state index is 0.480. The minimum Gasteiger partial charge on any atom is -0.405 e. The van der Waals surface area contributed by atoms with Crippen molar-refractivity contribution in [1.82, 2.24) is 9.88 Å². The number of rotatable bonds is 8. The van der Waals surface area contributed by atoms with Crippen LogP contribution in [0.15, 0.2) is 163 Å². The lowest BCUT2D eigenvalue weighted by molar-refractivity contribution is 0.958. The molecule has 5 nitrogen and oxygen atoms in total. The van der Waals surface area contributed by atoms with E-state index in [4.69, 9.17) is 17.2 Å². The zero-order chi connectivity index (χ0) is 34.0. The highest BCUT2D eigenvalue weighted by Gasteiger charge is 2.16. The monoisotopic (exact) mass is 631 g/mol. The summed E-state index contributed by atoms with van der Waals surface area (Å²) in [6.45, 7) is 11.9. The third-order valence-corrected chi connectivity index (χ3v) is 8.52. The van der Waals surface area contributed by atoms with Gasteiger partial charge in [0, 0.05) is 41.1 Å². The van der Waals surface area contributed by atoms with Gasteiger partial charge in [0.25, 0.3) is 0 Å². The fraction of sp³-hybridized carbons (Fsp3) is 0.116. The number of dihydropyridines is 1. The second kappa shape index (κ2) is 15.7. The lowest BCUT2D eigenvalue weighted by Crippen LogP contribution is -2.07. The number of benzene rings is 4. The van der Waals surface area contributed by atoms with Crippen molar-refractivity contribution in [2.75, 3.05) is 13.1 Å². The van der Waals surface area contributed by atoms with E-state index in [-0.39, 0.29) is 0 Å². The van der Waals surface area contributed by atoms with Crippen LogP contribution in [0.1, 0.15) is 31.9 Å². The Kier molecular flexibility index (Phi) is 11.0. The first kappa shape index (κ1) is 33.6. The number of nitrogens with two attached hydrogens (primary N) is 3. The van der Waals surface area contributed by atoms with E-state index < -0.39 is 0 Å². The zero-order valence-corrected chi connectivity index (χ0v) is 28.1. The summed E-state index contributed by atoms with van der Waals surface area (Å²) in [7, 11) is 0. The predicted molar refractivity (Wildman–Crippen MR) is 209 cm³/mol. The molecule has 1 aromatic heterocycles. The number of aromatic nitrogens is 1. The SMILES string of the molecule is C=C(/C=C\CN)/C(C)=C/C(=C\N)c1ccc2c(ccc3c4ccc(/C(C)=C/C=C\N)cc4n(-c4ccccc4)c23)c1.CC1=CCNC=C1. The lowest BCUT2D eigenvalue weighted by Gasteiger charge is -2.12. The number of hydrogen-bond donors (Lipinski definition) is 4. The Morgan fingerprint density at radius 2 is 1.67 bits per heavy atom. The normalized spacial score (nSPS) is 14.1. The quantitative estimate of drug-likeness (QED) is 0.128. The van der Waals surface area contributed by atoms with Crippen LogP contribution < -0.4 is 22.5 Å². The van der Waals surface area contributed by atoms with Gasteiger partial charge >= 0.3 is 0 Å². The Labute approximate surface area is 284 Å². The molecule has 242 valence electrons. The van der Waals surface area contributed by atoms with Crippen LogP contribution in [-0.2, 0) is 0 Å². The van der Waals surface area contributed by atoms with Crippen molar-refractivity contribution in [2.45, 2.75) is 20.8 Å². The average Bonchev–Trinajstić information content (AvgIpc) is 3.46. The largest absolute Gasteiger partial charge is 0.405 e. The Bertz CT molecular complexity index is 2170. The number of nitrogens with zero attached hydrogens (tertiary/aromatic N) is 1. The third-order valence-electron chi connectivity index (χ3n) is 8.52. The maximum absolute atomic E-state index is 6.11. The summed E-state index contributed by atoms with van der Waals surface area (Å²) in [5.41, 5.74) is 28.4. The second-order valence-corrected chi connectivity index (χ2v) is 11.8. The number of hydrogen-bond acceptors (Lipinski definition) is 4. The summed E-state index contributed by atoms with van der Waals surface area (Å²) >= 11 is 0. The average molecular weight is 632 g/mol. The molecule has 48 heavy (non-hydrogen) atoms. The van der Waals surface area contributed by atoms with Gasteiger partial charge in [0.1, 0.15) is 0 Å². The van der Waals surface area contributed by atoms with Crippen molar-refractivity contribution in [3.05, 3.63) is 174 Å². The summed E-state index contributed by atoms with van der Waals surface area (Å²) in [6.07, 6.45) is 19.2. The number of nitrogens with one attached hydrogen (secondary N) is 1. The summed E-state index contributed by atoms with van der Waals surface area (Å²) in [6, 6.07) is 28.2. The van der Waals surface area contributed by atoms with Crippen molar-refractivity contribution >= 4 is 43.7 Å². The van der Waals surface area contributed by atoms with E-state index in [1.54, 1.807) is 12.4 Å². The second-order valence-electron chi connectivity index (χ2n) is 11.8. The van der Waals surface area contributed by atoms with Gasteiger partial charge in [0.2, 0.25) is 0 Å². The van der Waals surface area contributed by atoms with E-state index in [0.29, 0.717) is 6.54 Å². The van der Waals surface area contributed by atoms with Crippen LogP contribution in [0.4, 0.5) is 0 Å². The zero-order valence-electron chi connectivity index (χ0n) is 28.1. The smallest absolute Gasteiger partial charge is 0.0619 e. The Morgan fingerprint density at radius 3 is 2.33 bits per heavy atom. The molecular weight excluding hydrogens is 587 g/mol. The molecule has 0 saturated carbocycles. The van der Waals surface area contributed by atoms with Gasteiger partial charge in [-0.15, -0.1) is 0 Å². The fourth-order valence-electron chi connectivity index (χ4n) is 5.84. The first-order valence-corrected chi connectivity index (χ1v) is 16.2. The molecule has 5 heteroatoms. The summed E-state index contributed by atoms with van der Waals surface area (Å²) in [5, 5.41) is 7.81. The van der Waals surface area contributed by atoms with Crippen molar-refractivity contribution in [2.24, 2.45) is 17.2 Å².